The van der Waals surface area contributed by atoms with E-state index in [1.807, 2.05) is 31.3 Å². The number of hydrogen-bond donors (Lipinski definition) is 1. The minimum absolute atomic E-state index is 0.0160. The standard InChI is InChI=1S/C19H22F3N3O/c1-24(15-8-13-4-2-3-5-14(13)18(15)26)9-12-6-7-17-23-16(19(20,21)22)11-25(17)10-12/h2-5,11-12,15,18,26H,6-10H2,1H3/t12-,15-,18+/m0/s1. The number of aliphatic hydroxyl groups is 1. The summed E-state index contributed by atoms with van der Waals surface area (Å²) in [5.41, 5.74) is 1.36. The first-order valence-corrected chi connectivity index (χ1v) is 8.92. The zero-order chi connectivity index (χ0) is 18.5. The summed E-state index contributed by atoms with van der Waals surface area (Å²) in [6.45, 7) is 1.28. The summed E-state index contributed by atoms with van der Waals surface area (Å²) < 4.78 is 40.2. The molecule has 26 heavy (non-hydrogen) atoms. The Morgan fingerprint density at radius 2 is 2.08 bits per heavy atom. The van der Waals surface area contributed by atoms with Crippen molar-refractivity contribution < 1.29 is 18.3 Å². The molecule has 1 aromatic carbocycles. The third-order valence-corrected chi connectivity index (χ3v) is 5.66. The van der Waals surface area contributed by atoms with Crippen LogP contribution in [0.2, 0.25) is 0 Å². The molecule has 4 rings (SSSR count). The molecule has 2 heterocycles. The Labute approximate surface area is 150 Å². The van der Waals surface area contributed by atoms with Gasteiger partial charge in [0.2, 0.25) is 0 Å². The maximum atomic E-state index is 12.8. The van der Waals surface area contributed by atoms with Crippen LogP contribution in [0.25, 0.3) is 0 Å². The Bertz CT molecular complexity index is 802. The minimum Gasteiger partial charge on any atom is -0.387 e. The largest absolute Gasteiger partial charge is 0.434 e. The quantitative estimate of drug-likeness (QED) is 0.909. The van der Waals surface area contributed by atoms with Crippen LogP contribution in [-0.4, -0.2) is 39.2 Å². The Balaban J connectivity index is 1.42. The Morgan fingerprint density at radius 3 is 2.81 bits per heavy atom. The molecule has 3 atom stereocenters. The van der Waals surface area contributed by atoms with Gasteiger partial charge in [-0.2, -0.15) is 13.2 Å². The summed E-state index contributed by atoms with van der Waals surface area (Å²) in [6.07, 6.45) is -1.61. The van der Waals surface area contributed by atoms with E-state index in [1.165, 1.54) is 5.56 Å². The molecule has 2 aliphatic rings. The number of aryl methyl sites for hydroxylation is 1. The first kappa shape index (κ1) is 17.5. The number of alkyl halides is 3. The van der Waals surface area contributed by atoms with Crippen LogP contribution in [0.1, 0.15) is 35.2 Å². The van der Waals surface area contributed by atoms with Gasteiger partial charge < -0.3 is 9.67 Å². The highest BCUT2D eigenvalue weighted by Crippen LogP contribution is 2.35. The summed E-state index contributed by atoms with van der Waals surface area (Å²) in [5, 5.41) is 10.6. The average molecular weight is 365 g/mol. The van der Waals surface area contributed by atoms with Gasteiger partial charge in [0.15, 0.2) is 5.69 Å². The predicted molar refractivity (Wildman–Crippen MR) is 90.6 cm³/mol. The fraction of sp³-hybridized carbons (Fsp3) is 0.526. The molecule has 0 saturated heterocycles. The number of imidazole rings is 1. The van der Waals surface area contributed by atoms with E-state index in [-0.39, 0.29) is 12.0 Å². The van der Waals surface area contributed by atoms with Crippen molar-refractivity contribution in [3.05, 3.63) is 53.1 Å². The molecule has 1 aromatic heterocycles. The van der Waals surface area contributed by atoms with Crippen molar-refractivity contribution >= 4 is 0 Å². The van der Waals surface area contributed by atoms with Crippen molar-refractivity contribution in [2.45, 2.75) is 44.1 Å². The van der Waals surface area contributed by atoms with Crippen molar-refractivity contribution in [1.82, 2.24) is 14.5 Å². The van der Waals surface area contributed by atoms with Gasteiger partial charge in [0.1, 0.15) is 5.82 Å². The van der Waals surface area contributed by atoms with E-state index in [1.54, 1.807) is 4.57 Å². The summed E-state index contributed by atoms with van der Waals surface area (Å²) in [4.78, 5) is 5.89. The average Bonchev–Trinajstić information content (AvgIpc) is 3.16. The van der Waals surface area contributed by atoms with E-state index in [2.05, 4.69) is 9.88 Å². The minimum atomic E-state index is -4.39. The topological polar surface area (TPSA) is 41.3 Å². The first-order chi connectivity index (χ1) is 12.3. The smallest absolute Gasteiger partial charge is 0.387 e. The third kappa shape index (κ3) is 3.14. The second kappa shape index (κ2) is 6.39. The number of nitrogens with zero attached hydrogens (tertiary/aromatic N) is 3. The predicted octanol–water partition coefficient (Wildman–Crippen LogP) is 3.05. The molecular formula is C19H22F3N3O. The molecule has 140 valence electrons. The zero-order valence-electron chi connectivity index (χ0n) is 14.6. The number of fused-ring (bicyclic) bond motifs is 2. The van der Waals surface area contributed by atoms with Crippen LogP contribution in [0, 0.1) is 5.92 Å². The highest BCUT2D eigenvalue weighted by Gasteiger charge is 2.37. The number of aliphatic hydroxyl groups excluding tert-OH is 1. The molecule has 1 aliphatic heterocycles. The molecule has 0 bridgehead atoms. The van der Waals surface area contributed by atoms with Crippen LogP contribution < -0.4 is 0 Å². The highest BCUT2D eigenvalue weighted by atomic mass is 19.4. The van der Waals surface area contributed by atoms with E-state index >= 15 is 0 Å². The van der Waals surface area contributed by atoms with Crippen LogP contribution in [0.4, 0.5) is 13.2 Å². The van der Waals surface area contributed by atoms with Crippen LogP contribution in [0.5, 0.6) is 0 Å². The maximum Gasteiger partial charge on any atom is 0.434 e. The first-order valence-electron chi connectivity index (χ1n) is 8.92. The molecule has 0 unspecified atom stereocenters. The van der Waals surface area contributed by atoms with Crippen molar-refractivity contribution in [1.29, 1.82) is 0 Å². The fourth-order valence-electron chi connectivity index (χ4n) is 4.29. The summed E-state index contributed by atoms with van der Waals surface area (Å²) in [6, 6.07) is 7.94. The number of benzene rings is 1. The molecule has 4 nitrogen and oxygen atoms in total. The summed E-state index contributed by atoms with van der Waals surface area (Å²) in [5.74, 6) is 0.767. The number of likely N-dealkylation sites (N-methyl/N-ethyl adjacent to an activating group) is 1. The molecule has 2 aromatic rings. The van der Waals surface area contributed by atoms with Crippen molar-refractivity contribution in [3.8, 4) is 0 Å². The normalized spacial score (nSPS) is 25.4. The van der Waals surface area contributed by atoms with Crippen molar-refractivity contribution in [3.63, 3.8) is 0 Å². The maximum absolute atomic E-state index is 12.8. The lowest BCUT2D eigenvalue weighted by Gasteiger charge is -2.32. The molecule has 0 spiro atoms. The molecule has 0 amide bonds. The second-order valence-corrected chi connectivity index (χ2v) is 7.45. The van der Waals surface area contributed by atoms with Gasteiger partial charge in [0, 0.05) is 31.7 Å². The monoisotopic (exact) mass is 365 g/mol. The molecular weight excluding hydrogens is 343 g/mol. The molecule has 0 saturated carbocycles. The number of halogens is 3. The Morgan fingerprint density at radius 1 is 1.31 bits per heavy atom. The zero-order valence-corrected chi connectivity index (χ0v) is 14.6. The lowest BCUT2D eigenvalue weighted by Crippen LogP contribution is -2.40. The lowest BCUT2D eigenvalue weighted by atomic mass is 9.97. The fourth-order valence-corrected chi connectivity index (χ4v) is 4.29. The van der Waals surface area contributed by atoms with Crippen molar-refractivity contribution in [2.75, 3.05) is 13.6 Å². The van der Waals surface area contributed by atoms with Gasteiger partial charge >= 0.3 is 6.18 Å². The lowest BCUT2D eigenvalue weighted by molar-refractivity contribution is -0.141. The molecule has 7 heteroatoms. The molecule has 0 fully saturated rings. The Hall–Kier alpha value is -1.86. The van der Waals surface area contributed by atoms with Gasteiger partial charge in [-0.05, 0) is 36.9 Å². The van der Waals surface area contributed by atoms with Gasteiger partial charge in [-0.25, -0.2) is 4.98 Å². The van der Waals surface area contributed by atoms with Gasteiger partial charge in [-0.15, -0.1) is 0 Å². The molecule has 1 aliphatic carbocycles. The van der Waals surface area contributed by atoms with Gasteiger partial charge in [0.05, 0.1) is 6.10 Å². The van der Waals surface area contributed by atoms with Crippen LogP contribution in [0.3, 0.4) is 0 Å². The van der Waals surface area contributed by atoms with Gasteiger partial charge in [-0.3, -0.25) is 4.90 Å². The van der Waals surface area contributed by atoms with Crippen LogP contribution in [0.15, 0.2) is 30.5 Å². The number of hydrogen-bond acceptors (Lipinski definition) is 3. The van der Waals surface area contributed by atoms with Crippen molar-refractivity contribution in [2.24, 2.45) is 5.92 Å². The van der Waals surface area contributed by atoms with Crippen LogP contribution >= 0.6 is 0 Å². The molecule has 0 radical (unpaired) electrons. The van der Waals surface area contributed by atoms with E-state index < -0.39 is 18.0 Å². The Kier molecular flexibility index (Phi) is 4.31. The molecule has 1 N–H and O–H groups in total. The third-order valence-electron chi connectivity index (χ3n) is 5.66. The van der Waals surface area contributed by atoms with Gasteiger partial charge in [-0.1, -0.05) is 24.3 Å². The second-order valence-electron chi connectivity index (χ2n) is 7.45. The summed E-state index contributed by atoms with van der Waals surface area (Å²) in [7, 11) is 1.99. The van der Waals surface area contributed by atoms with E-state index in [4.69, 9.17) is 0 Å². The van der Waals surface area contributed by atoms with Gasteiger partial charge in [0.25, 0.3) is 0 Å². The van der Waals surface area contributed by atoms with E-state index in [0.717, 1.165) is 31.1 Å². The van der Waals surface area contributed by atoms with E-state index in [9.17, 15) is 18.3 Å². The number of rotatable bonds is 3. The number of aromatic nitrogens is 2. The SMILES string of the molecule is CN(C[C@@H]1CCc2nc(C(F)(F)F)cn2C1)[C@H]1Cc2ccccc2[C@H]1O. The highest BCUT2D eigenvalue weighted by molar-refractivity contribution is 5.35. The summed E-state index contributed by atoms with van der Waals surface area (Å²) >= 11 is 0. The van der Waals surface area contributed by atoms with E-state index in [0.29, 0.717) is 18.8 Å². The van der Waals surface area contributed by atoms with Crippen LogP contribution in [-0.2, 0) is 25.6 Å².